The van der Waals surface area contributed by atoms with Crippen molar-refractivity contribution in [1.29, 1.82) is 0 Å². The molecule has 2 aliphatic heterocycles. The molecule has 34 heavy (non-hydrogen) atoms. The molecule has 2 N–H and O–H groups in total. The van der Waals surface area contributed by atoms with Gasteiger partial charge in [-0.1, -0.05) is 37.6 Å². The number of allylic oxidation sites excluding steroid dienone is 3. The van der Waals surface area contributed by atoms with Crippen molar-refractivity contribution in [2.24, 2.45) is 11.8 Å². The van der Waals surface area contributed by atoms with Crippen molar-refractivity contribution in [3.05, 3.63) is 53.1 Å². The topological polar surface area (TPSA) is 93.1 Å². The predicted molar refractivity (Wildman–Crippen MR) is 127 cm³/mol. The van der Waals surface area contributed by atoms with Crippen LogP contribution in [0.5, 0.6) is 17.2 Å². The number of benzene rings is 1. The summed E-state index contributed by atoms with van der Waals surface area (Å²) in [6.45, 7) is 15.4. The number of rotatable bonds is 4. The molecule has 1 aromatic carbocycles. The highest BCUT2D eigenvalue weighted by molar-refractivity contribution is 6.18. The van der Waals surface area contributed by atoms with Gasteiger partial charge in [-0.2, -0.15) is 0 Å². The fourth-order valence-electron chi connectivity index (χ4n) is 6.65. The number of phenolic OH excluding ortho intramolecular Hbond substituents is 2. The van der Waals surface area contributed by atoms with Crippen molar-refractivity contribution in [1.82, 2.24) is 0 Å². The monoisotopic (exact) mass is 464 g/mol. The van der Waals surface area contributed by atoms with E-state index >= 15 is 0 Å². The van der Waals surface area contributed by atoms with Crippen LogP contribution in [0.2, 0.25) is 0 Å². The number of carbonyl (C=O) groups excluding carboxylic acids is 2. The summed E-state index contributed by atoms with van der Waals surface area (Å²) in [5.41, 5.74) is -2.48. The van der Waals surface area contributed by atoms with Gasteiger partial charge in [0.15, 0.2) is 22.8 Å². The third-order valence-electron chi connectivity index (χ3n) is 8.29. The summed E-state index contributed by atoms with van der Waals surface area (Å²) in [4.78, 5) is 28.0. The zero-order valence-corrected chi connectivity index (χ0v) is 20.6. The summed E-state index contributed by atoms with van der Waals surface area (Å²) in [6.07, 6.45) is 6.13. The zero-order chi connectivity index (χ0) is 25.0. The minimum absolute atomic E-state index is 0.00849. The van der Waals surface area contributed by atoms with Gasteiger partial charge >= 0.3 is 0 Å². The minimum atomic E-state index is -1.38. The smallest absolute Gasteiger partial charge is 0.200 e. The molecule has 1 saturated heterocycles. The number of Topliss-reactive ketones (excluding diaryl/α,β-unsaturated/α-hetero) is 2. The van der Waals surface area contributed by atoms with Crippen molar-refractivity contribution in [2.75, 3.05) is 0 Å². The maximum atomic E-state index is 14.1. The molecular weight excluding hydrogens is 432 g/mol. The minimum Gasteiger partial charge on any atom is -0.507 e. The third kappa shape index (κ3) is 2.50. The molecule has 1 saturated carbocycles. The highest BCUT2D eigenvalue weighted by Gasteiger charge is 2.81. The average molecular weight is 465 g/mol. The van der Waals surface area contributed by atoms with E-state index in [0.717, 1.165) is 5.57 Å². The second-order valence-corrected chi connectivity index (χ2v) is 11.4. The summed E-state index contributed by atoms with van der Waals surface area (Å²) in [6, 6.07) is 1.18. The Kier molecular flexibility index (Phi) is 4.47. The fourth-order valence-corrected chi connectivity index (χ4v) is 6.65. The number of aromatic hydroxyl groups is 2. The summed E-state index contributed by atoms with van der Waals surface area (Å²) in [5, 5.41) is 21.6. The molecule has 5 aliphatic rings. The van der Waals surface area contributed by atoms with Crippen LogP contribution < -0.4 is 4.74 Å². The normalized spacial score (nSPS) is 32.5. The maximum Gasteiger partial charge on any atom is 0.200 e. The fraction of sp³-hybridized carbons (Fsp3) is 0.500. The largest absolute Gasteiger partial charge is 0.507 e. The van der Waals surface area contributed by atoms with Gasteiger partial charge in [-0.3, -0.25) is 9.59 Å². The molecule has 0 aromatic heterocycles. The Labute approximate surface area is 200 Å². The lowest BCUT2D eigenvalue weighted by Crippen LogP contribution is -2.72. The Hall–Kier alpha value is -2.86. The van der Waals surface area contributed by atoms with Gasteiger partial charge in [-0.15, -0.1) is 6.58 Å². The number of hydrogen-bond acceptors (Lipinski definition) is 6. The second-order valence-electron chi connectivity index (χ2n) is 11.4. The van der Waals surface area contributed by atoms with Gasteiger partial charge in [-0.05, 0) is 34.1 Å². The first-order valence-corrected chi connectivity index (χ1v) is 11.8. The molecule has 2 fully saturated rings. The third-order valence-corrected chi connectivity index (χ3v) is 8.29. The van der Waals surface area contributed by atoms with Gasteiger partial charge < -0.3 is 19.7 Å². The van der Waals surface area contributed by atoms with Gasteiger partial charge in [0.1, 0.15) is 22.8 Å². The SMILES string of the molecule is C=CC(C)(C)c1c(O)cc(O)c2c1O[C@]13C(=C[C@@H]4C[C@H]1C(C)(C)O[C@@]3(CC=C(C)C)C4=O)C2=O. The highest BCUT2D eigenvalue weighted by atomic mass is 16.6. The Bertz CT molecular complexity index is 1230. The second kappa shape index (κ2) is 6.63. The van der Waals surface area contributed by atoms with E-state index in [0.29, 0.717) is 17.6 Å². The maximum absolute atomic E-state index is 14.1. The summed E-state index contributed by atoms with van der Waals surface area (Å²) >= 11 is 0. The average Bonchev–Trinajstić information content (AvgIpc) is 2.89. The standard InChI is InChI=1S/C28H32O6/c1-8-25(4,5)21-18(30)13-17(29)20-22(31)16-11-15-12-19-26(6,7)34-27(24(15)32,10-9-14(2)3)28(16,19)33-23(20)21/h8-9,11,13,15,19,29-30H,1,10,12H2,2-7H3/t15-,19+,27+,28-/m1/s1. The van der Waals surface area contributed by atoms with E-state index in [1.54, 1.807) is 12.2 Å². The number of phenols is 2. The number of ether oxygens (including phenoxy) is 2. The van der Waals surface area contributed by atoms with E-state index < -0.39 is 28.1 Å². The van der Waals surface area contributed by atoms with Crippen molar-refractivity contribution >= 4 is 11.6 Å². The number of ketones is 2. The Morgan fingerprint density at radius 1 is 1.24 bits per heavy atom. The van der Waals surface area contributed by atoms with E-state index in [2.05, 4.69) is 6.58 Å². The first-order valence-electron chi connectivity index (χ1n) is 11.8. The molecule has 2 heterocycles. The molecule has 0 unspecified atom stereocenters. The molecule has 0 amide bonds. The van der Waals surface area contributed by atoms with Crippen LogP contribution >= 0.6 is 0 Å². The van der Waals surface area contributed by atoms with Crippen LogP contribution in [0.4, 0.5) is 0 Å². The van der Waals surface area contributed by atoms with Crippen LogP contribution in [-0.4, -0.2) is 38.6 Å². The van der Waals surface area contributed by atoms with Crippen molar-refractivity contribution in [2.45, 2.75) is 76.6 Å². The van der Waals surface area contributed by atoms with Gasteiger partial charge in [0.25, 0.3) is 0 Å². The number of fused-ring (bicyclic) bond motifs is 1. The van der Waals surface area contributed by atoms with E-state index in [4.69, 9.17) is 9.47 Å². The molecule has 1 spiro atoms. The van der Waals surface area contributed by atoms with E-state index in [1.165, 1.54) is 6.07 Å². The first-order chi connectivity index (χ1) is 15.7. The molecular formula is C28H32O6. The highest BCUT2D eigenvalue weighted by Crippen LogP contribution is 2.68. The van der Waals surface area contributed by atoms with E-state index in [1.807, 2.05) is 47.6 Å². The quantitative estimate of drug-likeness (QED) is 0.614. The van der Waals surface area contributed by atoms with Gasteiger partial charge in [0, 0.05) is 40.9 Å². The van der Waals surface area contributed by atoms with Crippen molar-refractivity contribution < 1.29 is 29.3 Å². The summed E-state index contributed by atoms with van der Waals surface area (Å²) in [7, 11) is 0. The van der Waals surface area contributed by atoms with Crippen LogP contribution in [0.3, 0.4) is 0 Å². The molecule has 6 rings (SSSR count). The van der Waals surface area contributed by atoms with Gasteiger partial charge in [0.05, 0.1) is 5.60 Å². The van der Waals surface area contributed by atoms with Crippen LogP contribution in [0.15, 0.2) is 42.0 Å². The van der Waals surface area contributed by atoms with Crippen LogP contribution in [0.1, 0.15) is 70.3 Å². The van der Waals surface area contributed by atoms with Crippen molar-refractivity contribution in [3.63, 3.8) is 0 Å². The summed E-state index contributed by atoms with van der Waals surface area (Å²) < 4.78 is 13.5. The molecule has 1 aromatic rings. The van der Waals surface area contributed by atoms with E-state index in [9.17, 15) is 19.8 Å². The Balaban J connectivity index is 1.87. The lowest BCUT2D eigenvalue weighted by Gasteiger charge is -2.56. The summed E-state index contributed by atoms with van der Waals surface area (Å²) in [5.74, 6) is -1.63. The molecule has 0 radical (unpaired) electrons. The van der Waals surface area contributed by atoms with Crippen LogP contribution in [-0.2, 0) is 14.9 Å². The first kappa shape index (κ1) is 22.9. The number of carbonyl (C=O) groups is 2. The van der Waals surface area contributed by atoms with Gasteiger partial charge in [-0.25, -0.2) is 0 Å². The molecule has 3 aliphatic carbocycles. The Morgan fingerprint density at radius 3 is 2.53 bits per heavy atom. The molecule has 4 atom stereocenters. The Morgan fingerprint density at radius 2 is 1.91 bits per heavy atom. The molecule has 6 nitrogen and oxygen atoms in total. The van der Waals surface area contributed by atoms with Gasteiger partial charge in [0.2, 0.25) is 0 Å². The molecule has 4 bridgehead atoms. The predicted octanol–water partition coefficient (Wildman–Crippen LogP) is 4.92. The lowest BCUT2D eigenvalue weighted by atomic mass is 9.51. The van der Waals surface area contributed by atoms with Crippen LogP contribution in [0.25, 0.3) is 0 Å². The van der Waals surface area contributed by atoms with E-state index in [-0.39, 0.29) is 46.7 Å². The molecule has 180 valence electrons. The zero-order valence-electron chi connectivity index (χ0n) is 20.6. The number of hydrogen-bond donors (Lipinski definition) is 2. The van der Waals surface area contributed by atoms with Crippen LogP contribution in [0, 0.1) is 11.8 Å². The molecule has 6 heteroatoms. The lowest BCUT2D eigenvalue weighted by molar-refractivity contribution is -0.171. The van der Waals surface area contributed by atoms with Crippen molar-refractivity contribution in [3.8, 4) is 17.2 Å².